The second-order valence-corrected chi connectivity index (χ2v) is 5.07. The van der Waals surface area contributed by atoms with Gasteiger partial charge in [0.15, 0.2) is 0 Å². The topological polar surface area (TPSA) is 21.3 Å². The molecule has 0 heterocycles. The molecule has 0 aliphatic heterocycles. The molecule has 0 amide bonds. The maximum absolute atomic E-state index is 14.1. The van der Waals surface area contributed by atoms with E-state index < -0.39 is 11.9 Å². The monoisotopic (exact) mass is 311 g/mol. The predicted molar refractivity (Wildman–Crippen MR) is 79.9 cm³/mol. The Morgan fingerprint density at radius 2 is 1.95 bits per heavy atom. The molecule has 2 aromatic rings. The van der Waals surface area contributed by atoms with Gasteiger partial charge in [0.05, 0.1) is 7.11 Å². The highest BCUT2D eigenvalue weighted by atomic mass is 35.5. The van der Waals surface area contributed by atoms with Crippen LogP contribution in [0.4, 0.5) is 8.78 Å². The predicted octanol–water partition coefficient (Wildman–Crippen LogP) is 4.13. The van der Waals surface area contributed by atoms with Gasteiger partial charge in [-0.2, -0.15) is 0 Å². The van der Waals surface area contributed by atoms with Crippen molar-refractivity contribution in [2.45, 2.75) is 12.5 Å². The molecule has 0 fully saturated rings. The Hall–Kier alpha value is -1.65. The van der Waals surface area contributed by atoms with Crippen molar-refractivity contribution >= 4 is 11.6 Å². The van der Waals surface area contributed by atoms with Crippen LogP contribution in [0.15, 0.2) is 36.4 Å². The fourth-order valence-electron chi connectivity index (χ4n) is 2.30. The fourth-order valence-corrected chi connectivity index (χ4v) is 2.50. The summed E-state index contributed by atoms with van der Waals surface area (Å²) < 4.78 is 33.2. The maximum Gasteiger partial charge on any atom is 0.131 e. The molecule has 0 spiro atoms. The number of methoxy groups -OCH3 is 1. The van der Waals surface area contributed by atoms with Crippen LogP contribution in [0.1, 0.15) is 17.2 Å². The van der Waals surface area contributed by atoms with E-state index in [2.05, 4.69) is 5.32 Å². The molecule has 2 nitrogen and oxygen atoms in total. The number of likely N-dealkylation sites (N-methyl/N-ethyl adjacent to an activating group) is 1. The lowest BCUT2D eigenvalue weighted by Crippen LogP contribution is -2.21. The summed E-state index contributed by atoms with van der Waals surface area (Å²) in [6.07, 6.45) is 0.264. The average molecular weight is 312 g/mol. The van der Waals surface area contributed by atoms with Crippen LogP contribution in [0.25, 0.3) is 0 Å². The lowest BCUT2D eigenvalue weighted by molar-refractivity contribution is 0.392. The van der Waals surface area contributed by atoms with Gasteiger partial charge in [0.25, 0.3) is 0 Å². The average Bonchev–Trinajstić information content (AvgIpc) is 2.48. The molecule has 2 aromatic carbocycles. The summed E-state index contributed by atoms with van der Waals surface area (Å²) in [4.78, 5) is 0. The van der Waals surface area contributed by atoms with Gasteiger partial charge in [-0.3, -0.25) is 0 Å². The van der Waals surface area contributed by atoms with Crippen molar-refractivity contribution in [1.82, 2.24) is 5.32 Å². The van der Waals surface area contributed by atoms with Crippen molar-refractivity contribution in [2.24, 2.45) is 0 Å². The third-order valence-electron chi connectivity index (χ3n) is 3.36. The summed E-state index contributed by atoms with van der Waals surface area (Å²) in [6.45, 7) is 0. The third kappa shape index (κ3) is 3.52. The fraction of sp³-hybridized carbons (Fsp3) is 0.250. The summed E-state index contributed by atoms with van der Waals surface area (Å²) in [5, 5.41) is 3.45. The highest BCUT2D eigenvalue weighted by Gasteiger charge is 2.20. The van der Waals surface area contributed by atoms with Crippen LogP contribution in [-0.2, 0) is 6.42 Å². The molecule has 0 saturated carbocycles. The second kappa shape index (κ2) is 6.87. The van der Waals surface area contributed by atoms with Gasteiger partial charge in [-0.05, 0) is 49.4 Å². The first-order valence-corrected chi connectivity index (χ1v) is 6.88. The van der Waals surface area contributed by atoms with Gasteiger partial charge >= 0.3 is 0 Å². The molecule has 0 radical (unpaired) electrons. The smallest absolute Gasteiger partial charge is 0.131 e. The molecule has 0 aromatic heterocycles. The van der Waals surface area contributed by atoms with Gasteiger partial charge < -0.3 is 10.1 Å². The van der Waals surface area contributed by atoms with E-state index in [0.29, 0.717) is 21.9 Å². The van der Waals surface area contributed by atoms with Gasteiger partial charge in [-0.25, -0.2) is 8.78 Å². The molecule has 21 heavy (non-hydrogen) atoms. The van der Waals surface area contributed by atoms with E-state index in [4.69, 9.17) is 16.3 Å². The number of hydrogen-bond acceptors (Lipinski definition) is 2. The standard InChI is InChI=1S/C16H16ClF2NO/c1-20-14(9-10-8-11(17)6-7-12(10)18)16-13(19)4-3-5-15(16)21-2/h3-8,14,20H,9H2,1-2H3. The number of rotatable bonds is 5. The van der Waals surface area contributed by atoms with Crippen LogP contribution < -0.4 is 10.1 Å². The Morgan fingerprint density at radius 3 is 2.62 bits per heavy atom. The first-order valence-electron chi connectivity index (χ1n) is 6.50. The van der Waals surface area contributed by atoms with Crippen LogP contribution in [-0.4, -0.2) is 14.2 Å². The van der Waals surface area contributed by atoms with E-state index >= 15 is 0 Å². The summed E-state index contributed by atoms with van der Waals surface area (Å²) >= 11 is 5.89. The number of nitrogens with one attached hydrogen (secondary N) is 1. The van der Waals surface area contributed by atoms with Crippen molar-refractivity contribution in [2.75, 3.05) is 14.2 Å². The first kappa shape index (κ1) is 15.7. The quantitative estimate of drug-likeness (QED) is 0.896. The lowest BCUT2D eigenvalue weighted by Gasteiger charge is -2.20. The van der Waals surface area contributed by atoms with Crippen molar-refractivity contribution in [3.8, 4) is 5.75 Å². The van der Waals surface area contributed by atoms with E-state index in [1.807, 2.05) is 0 Å². The Bertz CT molecular complexity index is 634. The number of benzene rings is 2. The Balaban J connectivity index is 2.39. The van der Waals surface area contributed by atoms with Gasteiger partial charge in [0.2, 0.25) is 0 Å². The molecule has 0 aliphatic carbocycles. The zero-order valence-electron chi connectivity index (χ0n) is 11.8. The van der Waals surface area contributed by atoms with Crippen molar-refractivity contribution in [3.63, 3.8) is 0 Å². The summed E-state index contributed by atoms with van der Waals surface area (Å²) in [5.74, 6) is -0.331. The molecule has 1 atom stereocenters. The highest BCUT2D eigenvalue weighted by Crippen LogP contribution is 2.31. The summed E-state index contributed by atoms with van der Waals surface area (Å²) in [6, 6.07) is 8.53. The Kier molecular flexibility index (Phi) is 5.15. The van der Waals surface area contributed by atoms with Crippen molar-refractivity contribution in [3.05, 3.63) is 64.2 Å². The van der Waals surface area contributed by atoms with Gasteiger partial charge in [0, 0.05) is 16.6 Å². The minimum atomic E-state index is -0.422. The third-order valence-corrected chi connectivity index (χ3v) is 3.60. The highest BCUT2D eigenvalue weighted by molar-refractivity contribution is 6.30. The molecule has 5 heteroatoms. The van der Waals surface area contributed by atoms with Crippen LogP contribution in [0.3, 0.4) is 0 Å². The normalized spacial score (nSPS) is 12.2. The first-order chi connectivity index (χ1) is 10.1. The van der Waals surface area contributed by atoms with E-state index in [9.17, 15) is 8.78 Å². The molecular weight excluding hydrogens is 296 g/mol. The zero-order valence-corrected chi connectivity index (χ0v) is 12.5. The minimum absolute atomic E-state index is 0.264. The Morgan fingerprint density at radius 1 is 1.19 bits per heavy atom. The van der Waals surface area contributed by atoms with E-state index in [-0.39, 0.29) is 12.2 Å². The molecule has 0 bridgehead atoms. The van der Waals surface area contributed by atoms with Gasteiger partial charge in [-0.15, -0.1) is 0 Å². The number of ether oxygens (including phenoxy) is 1. The van der Waals surface area contributed by atoms with Crippen LogP contribution in [0, 0.1) is 11.6 Å². The number of halogens is 3. The Labute approximate surface area is 127 Å². The van der Waals surface area contributed by atoms with Crippen molar-refractivity contribution < 1.29 is 13.5 Å². The molecule has 112 valence electrons. The van der Waals surface area contributed by atoms with Crippen LogP contribution in [0.2, 0.25) is 5.02 Å². The molecule has 0 saturated heterocycles. The lowest BCUT2D eigenvalue weighted by atomic mass is 9.97. The second-order valence-electron chi connectivity index (χ2n) is 4.64. The maximum atomic E-state index is 14.1. The zero-order chi connectivity index (χ0) is 15.4. The summed E-state index contributed by atoms with van der Waals surface area (Å²) in [5.41, 5.74) is 0.800. The van der Waals surface area contributed by atoms with Crippen LogP contribution in [0.5, 0.6) is 5.75 Å². The molecular formula is C16H16ClF2NO. The van der Waals surface area contributed by atoms with Gasteiger partial charge in [-0.1, -0.05) is 17.7 Å². The van der Waals surface area contributed by atoms with E-state index in [1.54, 1.807) is 25.2 Å². The molecule has 2 rings (SSSR count). The molecule has 1 unspecified atom stereocenters. The SMILES string of the molecule is CNC(Cc1cc(Cl)ccc1F)c1c(F)cccc1OC. The molecule has 0 aliphatic rings. The van der Waals surface area contributed by atoms with E-state index in [0.717, 1.165) is 0 Å². The minimum Gasteiger partial charge on any atom is -0.496 e. The van der Waals surface area contributed by atoms with Crippen LogP contribution >= 0.6 is 11.6 Å². The summed E-state index contributed by atoms with van der Waals surface area (Å²) in [7, 11) is 3.17. The molecule has 1 N–H and O–H groups in total. The number of hydrogen-bond donors (Lipinski definition) is 1. The van der Waals surface area contributed by atoms with Crippen molar-refractivity contribution in [1.29, 1.82) is 0 Å². The van der Waals surface area contributed by atoms with Gasteiger partial charge in [0.1, 0.15) is 17.4 Å². The van der Waals surface area contributed by atoms with E-state index in [1.165, 1.54) is 25.3 Å². The largest absolute Gasteiger partial charge is 0.496 e.